The van der Waals surface area contributed by atoms with E-state index >= 15 is 0 Å². The largest absolute Gasteiger partial charge is 0.480 e. The smallest absolute Gasteiger partial charge is 0.411 e. The number of carboxylic acids is 1. The van der Waals surface area contributed by atoms with Crippen molar-refractivity contribution in [2.24, 2.45) is 0 Å². The first-order chi connectivity index (χ1) is 11.2. The maximum Gasteiger partial charge on any atom is 0.411 e. The molecular formula is C18H25NO5. The fourth-order valence-electron chi connectivity index (χ4n) is 2.57. The molecule has 0 radical (unpaired) electrons. The Hall–Kier alpha value is -2.08. The maximum atomic E-state index is 12.2. The minimum atomic E-state index is -1.04. The average Bonchev–Trinajstić information content (AvgIpc) is 2.89. The van der Waals surface area contributed by atoms with E-state index in [2.05, 4.69) is 0 Å². The number of hydrogen-bond acceptors (Lipinski definition) is 4. The second kappa shape index (κ2) is 7.21. The third-order valence-electron chi connectivity index (χ3n) is 3.78. The van der Waals surface area contributed by atoms with Crippen molar-refractivity contribution in [3.8, 4) is 0 Å². The van der Waals surface area contributed by atoms with Crippen molar-refractivity contribution >= 4 is 12.1 Å². The molecule has 0 unspecified atom stereocenters. The zero-order valence-corrected chi connectivity index (χ0v) is 14.6. The number of hydrogen-bond donors (Lipinski definition) is 1. The minimum absolute atomic E-state index is 0.220. The Bertz CT molecular complexity index is 590. The van der Waals surface area contributed by atoms with Crippen LogP contribution in [0.25, 0.3) is 0 Å². The van der Waals surface area contributed by atoms with Gasteiger partial charge in [-0.05, 0) is 33.3 Å². The molecule has 1 heterocycles. The lowest BCUT2D eigenvalue weighted by atomic mass is 10.1. The lowest BCUT2D eigenvalue weighted by molar-refractivity contribution is -0.142. The highest BCUT2D eigenvalue weighted by Gasteiger charge is 2.42. The van der Waals surface area contributed by atoms with Gasteiger partial charge < -0.3 is 14.6 Å². The molecule has 6 heteroatoms. The summed E-state index contributed by atoms with van der Waals surface area (Å²) >= 11 is 0. The fraction of sp³-hybridized carbons (Fsp3) is 0.556. The highest BCUT2D eigenvalue weighted by molar-refractivity contribution is 5.81. The van der Waals surface area contributed by atoms with Crippen LogP contribution in [0.5, 0.6) is 0 Å². The summed E-state index contributed by atoms with van der Waals surface area (Å²) in [5.74, 6) is -1.04. The molecular weight excluding hydrogens is 310 g/mol. The molecule has 0 spiro atoms. The van der Waals surface area contributed by atoms with Crippen molar-refractivity contribution < 1.29 is 24.2 Å². The quantitative estimate of drug-likeness (QED) is 0.915. The molecule has 24 heavy (non-hydrogen) atoms. The predicted molar refractivity (Wildman–Crippen MR) is 88.7 cm³/mol. The molecule has 0 saturated carbocycles. The summed E-state index contributed by atoms with van der Waals surface area (Å²) in [6.07, 6.45) is -0.670. The summed E-state index contributed by atoms with van der Waals surface area (Å²) in [7, 11) is 0. The zero-order valence-electron chi connectivity index (χ0n) is 14.6. The Morgan fingerprint density at radius 2 is 1.88 bits per heavy atom. The lowest BCUT2D eigenvalue weighted by Gasteiger charge is -2.26. The Morgan fingerprint density at radius 3 is 2.42 bits per heavy atom. The molecule has 2 rings (SSSR count). The highest BCUT2D eigenvalue weighted by atomic mass is 16.6. The van der Waals surface area contributed by atoms with Crippen LogP contribution in [0, 0.1) is 6.92 Å². The third kappa shape index (κ3) is 4.96. The standard InChI is InChI=1S/C18H25NO5/c1-12-5-7-13(8-6-12)11-23-14-9-15(16(20)21)19(10-14)17(22)24-18(2,3)4/h5-8,14-15H,9-11H2,1-4H3,(H,20,21)/t14-,15+/m1/s1. The van der Waals surface area contributed by atoms with Gasteiger partial charge in [0.2, 0.25) is 0 Å². The van der Waals surface area contributed by atoms with Crippen molar-refractivity contribution in [3.05, 3.63) is 35.4 Å². The highest BCUT2D eigenvalue weighted by Crippen LogP contribution is 2.24. The van der Waals surface area contributed by atoms with Gasteiger partial charge in [0.05, 0.1) is 19.3 Å². The van der Waals surface area contributed by atoms with Gasteiger partial charge in [-0.15, -0.1) is 0 Å². The van der Waals surface area contributed by atoms with Crippen molar-refractivity contribution in [2.75, 3.05) is 6.54 Å². The monoisotopic (exact) mass is 335 g/mol. The van der Waals surface area contributed by atoms with Gasteiger partial charge in [0.25, 0.3) is 0 Å². The number of benzene rings is 1. The van der Waals surface area contributed by atoms with Crippen LogP contribution in [0.3, 0.4) is 0 Å². The van der Waals surface area contributed by atoms with Crippen LogP contribution in [0.4, 0.5) is 4.79 Å². The molecule has 1 aliphatic rings. The third-order valence-corrected chi connectivity index (χ3v) is 3.78. The molecule has 1 N–H and O–H groups in total. The first-order valence-corrected chi connectivity index (χ1v) is 8.05. The van der Waals surface area contributed by atoms with Gasteiger partial charge in [-0.25, -0.2) is 9.59 Å². The summed E-state index contributed by atoms with van der Waals surface area (Å²) in [6.45, 7) is 7.88. The molecule has 1 aromatic carbocycles. The minimum Gasteiger partial charge on any atom is -0.480 e. The first kappa shape index (κ1) is 18.3. The Balaban J connectivity index is 1.97. The first-order valence-electron chi connectivity index (χ1n) is 8.05. The van der Waals surface area contributed by atoms with Crippen LogP contribution in [-0.2, 0) is 20.9 Å². The van der Waals surface area contributed by atoms with Gasteiger partial charge in [0, 0.05) is 6.42 Å². The van der Waals surface area contributed by atoms with Gasteiger partial charge in [-0.3, -0.25) is 4.90 Å². The number of aryl methyl sites for hydroxylation is 1. The number of rotatable bonds is 4. The molecule has 1 saturated heterocycles. The molecule has 6 nitrogen and oxygen atoms in total. The molecule has 132 valence electrons. The summed E-state index contributed by atoms with van der Waals surface area (Å²) in [6, 6.07) is 7.04. The van der Waals surface area contributed by atoms with E-state index in [-0.39, 0.29) is 19.1 Å². The number of amides is 1. The number of likely N-dealkylation sites (tertiary alicyclic amines) is 1. The van der Waals surface area contributed by atoms with Crippen molar-refractivity contribution in [3.63, 3.8) is 0 Å². The molecule has 1 aromatic rings. The Kier molecular flexibility index (Phi) is 5.49. The summed E-state index contributed by atoms with van der Waals surface area (Å²) in [4.78, 5) is 24.9. The normalized spacial score (nSPS) is 20.9. The summed E-state index contributed by atoms with van der Waals surface area (Å²) in [5, 5.41) is 9.36. The molecule has 1 aliphatic heterocycles. The van der Waals surface area contributed by atoms with Crippen molar-refractivity contribution in [2.45, 2.75) is 58.5 Å². The summed E-state index contributed by atoms with van der Waals surface area (Å²) in [5.41, 5.74) is 1.52. The topological polar surface area (TPSA) is 76.1 Å². The van der Waals surface area contributed by atoms with Crippen LogP contribution in [0.2, 0.25) is 0 Å². The van der Waals surface area contributed by atoms with E-state index in [0.29, 0.717) is 6.61 Å². The van der Waals surface area contributed by atoms with E-state index in [9.17, 15) is 14.7 Å². The second-order valence-electron chi connectivity index (χ2n) is 7.14. The van der Waals surface area contributed by atoms with Gasteiger partial charge >= 0.3 is 12.1 Å². The number of carbonyl (C=O) groups is 2. The number of carboxylic acid groups (broad SMARTS) is 1. The lowest BCUT2D eigenvalue weighted by Crippen LogP contribution is -2.43. The van der Waals surface area contributed by atoms with Crippen molar-refractivity contribution in [1.29, 1.82) is 0 Å². The number of nitrogens with zero attached hydrogens (tertiary/aromatic N) is 1. The van der Waals surface area contributed by atoms with Gasteiger partial charge in [-0.1, -0.05) is 29.8 Å². The van der Waals surface area contributed by atoms with Crippen LogP contribution in [-0.4, -0.2) is 46.4 Å². The number of carbonyl (C=O) groups excluding carboxylic acids is 1. The molecule has 0 aromatic heterocycles. The Labute approximate surface area is 142 Å². The average molecular weight is 335 g/mol. The number of aliphatic carboxylic acids is 1. The van der Waals surface area contributed by atoms with Crippen molar-refractivity contribution in [1.82, 2.24) is 4.90 Å². The zero-order chi connectivity index (χ0) is 17.9. The van der Waals surface area contributed by atoms with Gasteiger partial charge in [-0.2, -0.15) is 0 Å². The van der Waals surface area contributed by atoms with E-state index in [1.165, 1.54) is 10.5 Å². The van der Waals surface area contributed by atoms with Gasteiger partial charge in [0.1, 0.15) is 11.6 Å². The summed E-state index contributed by atoms with van der Waals surface area (Å²) < 4.78 is 11.1. The SMILES string of the molecule is Cc1ccc(CO[C@@H]2C[C@@H](C(=O)O)N(C(=O)OC(C)(C)C)C2)cc1. The molecule has 0 aliphatic carbocycles. The predicted octanol–water partition coefficient (Wildman–Crippen LogP) is 2.97. The number of ether oxygens (including phenoxy) is 2. The van der Waals surface area contributed by atoms with Crippen LogP contribution < -0.4 is 0 Å². The van der Waals surface area contributed by atoms with Gasteiger partial charge in [0.15, 0.2) is 0 Å². The molecule has 1 fully saturated rings. The maximum absolute atomic E-state index is 12.2. The second-order valence-corrected chi connectivity index (χ2v) is 7.14. The van der Waals surface area contributed by atoms with E-state index < -0.39 is 23.7 Å². The molecule has 0 bridgehead atoms. The van der Waals surface area contributed by atoms with Crippen LogP contribution in [0.15, 0.2) is 24.3 Å². The fourth-order valence-corrected chi connectivity index (χ4v) is 2.57. The van der Waals surface area contributed by atoms with E-state index in [1.807, 2.05) is 31.2 Å². The van der Waals surface area contributed by atoms with Crippen LogP contribution in [0.1, 0.15) is 38.3 Å². The van der Waals surface area contributed by atoms with Crippen LogP contribution >= 0.6 is 0 Å². The van der Waals surface area contributed by atoms with E-state index in [4.69, 9.17) is 9.47 Å². The van der Waals surface area contributed by atoms with E-state index in [1.54, 1.807) is 20.8 Å². The Morgan fingerprint density at radius 1 is 1.25 bits per heavy atom. The molecule has 1 amide bonds. The van der Waals surface area contributed by atoms with E-state index in [0.717, 1.165) is 5.56 Å². The molecule has 2 atom stereocenters.